The van der Waals surface area contributed by atoms with Gasteiger partial charge in [-0.2, -0.15) is 0 Å². The highest BCUT2D eigenvalue weighted by Gasteiger charge is 2.12. The van der Waals surface area contributed by atoms with Crippen LogP contribution in [-0.4, -0.2) is 42.9 Å². The molecule has 106 valence electrons. The van der Waals surface area contributed by atoms with Crippen LogP contribution in [0.3, 0.4) is 0 Å². The van der Waals surface area contributed by atoms with Crippen LogP contribution in [0.4, 0.5) is 0 Å². The van der Waals surface area contributed by atoms with Gasteiger partial charge < -0.3 is 14.6 Å². The maximum atomic E-state index is 10.1. The van der Waals surface area contributed by atoms with Crippen molar-refractivity contribution in [3.63, 3.8) is 0 Å². The lowest BCUT2D eigenvalue weighted by Gasteiger charge is -2.19. The Kier molecular flexibility index (Phi) is 5.48. The first-order valence-corrected chi connectivity index (χ1v) is 7.04. The topological polar surface area (TPSA) is 41.9 Å². The quantitative estimate of drug-likeness (QED) is 0.887. The number of phenolic OH excluding ortho intramolecular Hbond substituents is 1. The minimum Gasteiger partial charge on any atom is -0.507 e. The Bertz CT molecular complexity index is 387. The van der Waals surface area contributed by atoms with Gasteiger partial charge in [0.15, 0.2) is 0 Å². The van der Waals surface area contributed by atoms with Gasteiger partial charge in [0.25, 0.3) is 0 Å². The van der Waals surface area contributed by atoms with Gasteiger partial charge in [-0.05, 0) is 18.9 Å². The lowest BCUT2D eigenvalue weighted by atomic mass is 10.1. The maximum absolute atomic E-state index is 10.1. The summed E-state index contributed by atoms with van der Waals surface area (Å²) in [4.78, 5) is 2.31. The molecule has 4 nitrogen and oxygen atoms in total. The van der Waals surface area contributed by atoms with Crippen molar-refractivity contribution in [3.8, 4) is 11.5 Å². The van der Waals surface area contributed by atoms with Gasteiger partial charge in [0.1, 0.15) is 11.5 Å². The van der Waals surface area contributed by atoms with Crippen LogP contribution in [-0.2, 0) is 11.3 Å². The molecule has 1 heterocycles. The molecule has 19 heavy (non-hydrogen) atoms. The van der Waals surface area contributed by atoms with Gasteiger partial charge in [0, 0.05) is 37.9 Å². The number of hydrogen-bond acceptors (Lipinski definition) is 4. The molecule has 0 unspecified atom stereocenters. The van der Waals surface area contributed by atoms with Gasteiger partial charge in [-0.15, -0.1) is 0 Å². The Morgan fingerprint density at radius 3 is 3.00 bits per heavy atom. The van der Waals surface area contributed by atoms with Gasteiger partial charge in [-0.25, -0.2) is 0 Å². The van der Waals surface area contributed by atoms with Crippen molar-refractivity contribution in [1.29, 1.82) is 0 Å². The molecule has 1 aromatic rings. The van der Waals surface area contributed by atoms with Crippen LogP contribution >= 0.6 is 0 Å². The second kappa shape index (κ2) is 7.36. The van der Waals surface area contributed by atoms with Crippen LogP contribution in [0.1, 0.15) is 25.3 Å². The third kappa shape index (κ3) is 4.40. The molecule has 1 aliphatic rings. The molecule has 2 rings (SSSR count). The zero-order valence-electron chi connectivity index (χ0n) is 11.6. The van der Waals surface area contributed by atoms with E-state index in [0.717, 1.165) is 57.0 Å². The third-order valence-corrected chi connectivity index (χ3v) is 3.24. The molecule has 0 radical (unpaired) electrons. The van der Waals surface area contributed by atoms with Crippen molar-refractivity contribution in [3.05, 3.63) is 23.8 Å². The molecule has 0 bridgehead atoms. The lowest BCUT2D eigenvalue weighted by molar-refractivity contribution is 0.140. The number of phenols is 1. The molecular weight excluding hydrogens is 242 g/mol. The van der Waals surface area contributed by atoms with E-state index in [-0.39, 0.29) is 0 Å². The van der Waals surface area contributed by atoms with Crippen LogP contribution in [0.25, 0.3) is 0 Å². The normalized spacial score (nSPS) is 17.1. The Hall–Kier alpha value is -1.26. The number of ether oxygens (including phenoxy) is 2. The largest absolute Gasteiger partial charge is 0.507 e. The summed E-state index contributed by atoms with van der Waals surface area (Å²) in [6, 6.07) is 5.59. The number of hydrogen-bond donors (Lipinski definition) is 1. The SMILES string of the molecule is CCCOc1ccc(CN2CCCOCC2)c(O)c1. The molecular formula is C15H23NO3. The van der Waals surface area contributed by atoms with E-state index in [1.165, 1.54) is 0 Å². The molecule has 1 aliphatic heterocycles. The highest BCUT2D eigenvalue weighted by molar-refractivity contribution is 5.39. The Balaban J connectivity index is 1.95. The van der Waals surface area contributed by atoms with Gasteiger partial charge in [-0.3, -0.25) is 4.90 Å². The van der Waals surface area contributed by atoms with Crippen molar-refractivity contribution in [2.45, 2.75) is 26.3 Å². The van der Waals surface area contributed by atoms with Crippen molar-refractivity contribution < 1.29 is 14.6 Å². The molecule has 0 saturated carbocycles. The van der Waals surface area contributed by atoms with Crippen molar-refractivity contribution >= 4 is 0 Å². The van der Waals surface area contributed by atoms with E-state index in [4.69, 9.17) is 9.47 Å². The monoisotopic (exact) mass is 265 g/mol. The average molecular weight is 265 g/mol. The van der Waals surface area contributed by atoms with Gasteiger partial charge >= 0.3 is 0 Å². The number of nitrogens with zero attached hydrogens (tertiary/aromatic N) is 1. The van der Waals surface area contributed by atoms with E-state index < -0.39 is 0 Å². The summed E-state index contributed by atoms with van der Waals surface area (Å²) in [5.74, 6) is 1.06. The minimum absolute atomic E-state index is 0.318. The number of aromatic hydroxyl groups is 1. The molecule has 1 fully saturated rings. The van der Waals surface area contributed by atoms with Crippen LogP contribution in [0.15, 0.2) is 18.2 Å². The molecule has 1 saturated heterocycles. The summed E-state index contributed by atoms with van der Waals surface area (Å²) in [5.41, 5.74) is 0.950. The second-order valence-electron chi connectivity index (χ2n) is 4.88. The molecule has 0 amide bonds. The Morgan fingerprint density at radius 1 is 1.32 bits per heavy atom. The van der Waals surface area contributed by atoms with E-state index >= 15 is 0 Å². The van der Waals surface area contributed by atoms with Gasteiger partial charge in [-0.1, -0.05) is 13.0 Å². The summed E-state index contributed by atoms with van der Waals surface area (Å²) in [6.07, 6.45) is 2.02. The van der Waals surface area contributed by atoms with Crippen LogP contribution < -0.4 is 4.74 Å². The van der Waals surface area contributed by atoms with E-state index in [1.54, 1.807) is 6.07 Å². The minimum atomic E-state index is 0.318. The van der Waals surface area contributed by atoms with Crippen LogP contribution in [0.2, 0.25) is 0 Å². The molecule has 0 aliphatic carbocycles. The number of benzene rings is 1. The van der Waals surface area contributed by atoms with Crippen molar-refractivity contribution in [2.24, 2.45) is 0 Å². The van der Waals surface area contributed by atoms with Gasteiger partial charge in [0.2, 0.25) is 0 Å². The summed E-state index contributed by atoms with van der Waals surface area (Å²) >= 11 is 0. The smallest absolute Gasteiger partial charge is 0.123 e. The van der Waals surface area contributed by atoms with E-state index in [1.807, 2.05) is 12.1 Å². The average Bonchev–Trinajstić information content (AvgIpc) is 2.68. The van der Waals surface area contributed by atoms with E-state index in [0.29, 0.717) is 12.4 Å². The fourth-order valence-corrected chi connectivity index (χ4v) is 2.18. The zero-order chi connectivity index (χ0) is 13.5. The lowest BCUT2D eigenvalue weighted by Crippen LogP contribution is -2.25. The molecule has 0 atom stereocenters. The summed E-state index contributed by atoms with van der Waals surface area (Å²) in [5, 5.41) is 10.1. The zero-order valence-corrected chi connectivity index (χ0v) is 11.6. The predicted molar refractivity (Wildman–Crippen MR) is 74.6 cm³/mol. The number of rotatable bonds is 5. The first kappa shape index (κ1) is 14.2. The third-order valence-electron chi connectivity index (χ3n) is 3.24. The molecule has 4 heteroatoms. The summed E-state index contributed by atoms with van der Waals surface area (Å²) in [7, 11) is 0. The highest BCUT2D eigenvalue weighted by Crippen LogP contribution is 2.25. The van der Waals surface area contributed by atoms with E-state index in [2.05, 4.69) is 11.8 Å². The first-order chi connectivity index (χ1) is 9.29. The van der Waals surface area contributed by atoms with Crippen molar-refractivity contribution in [1.82, 2.24) is 4.90 Å². The predicted octanol–water partition coefficient (Wildman–Crippen LogP) is 2.40. The molecule has 1 N–H and O–H groups in total. The summed E-state index contributed by atoms with van der Waals surface area (Å²) in [6.45, 7) is 7.08. The Morgan fingerprint density at radius 2 is 2.21 bits per heavy atom. The van der Waals surface area contributed by atoms with Crippen LogP contribution in [0, 0.1) is 0 Å². The Labute approximate surface area is 114 Å². The standard InChI is InChI=1S/C15H23NO3/c1-2-8-19-14-5-4-13(15(17)11-14)12-16-6-3-9-18-10-7-16/h4-5,11,17H,2-3,6-10,12H2,1H3. The first-order valence-electron chi connectivity index (χ1n) is 7.04. The summed E-state index contributed by atoms with van der Waals surface area (Å²) < 4.78 is 10.9. The van der Waals surface area contributed by atoms with E-state index in [9.17, 15) is 5.11 Å². The van der Waals surface area contributed by atoms with Gasteiger partial charge in [0.05, 0.1) is 13.2 Å². The maximum Gasteiger partial charge on any atom is 0.123 e. The van der Waals surface area contributed by atoms with Crippen LogP contribution in [0.5, 0.6) is 11.5 Å². The molecule has 1 aromatic carbocycles. The highest BCUT2D eigenvalue weighted by atomic mass is 16.5. The van der Waals surface area contributed by atoms with Crippen molar-refractivity contribution in [2.75, 3.05) is 32.9 Å². The molecule has 0 aromatic heterocycles. The fraction of sp³-hybridized carbons (Fsp3) is 0.600. The fourth-order valence-electron chi connectivity index (χ4n) is 2.18. The second-order valence-corrected chi connectivity index (χ2v) is 4.88. The molecule has 0 spiro atoms.